The van der Waals surface area contributed by atoms with Crippen molar-refractivity contribution in [1.29, 1.82) is 0 Å². The molecule has 0 aliphatic heterocycles. The largest absolute Gasteiger partial charge is 0.369 e. The Morgan fingerprint density at radius 3 is 2.73 bits per heavy atom. The third-order valence-corrected chi connectivity index (χ3v) is 3.39. The van der Waals surface area contributed by atoms with Crippen molar-refractivity contribution in [2.75, 3.05) is 6.54 Å². The Balaban J connectivity index is 2.36. The molecule has 0 atom stereocenters. The minimum Gasteiger partial charge on any atom is -0.369 e. The molecule has 0 unspecified atom stereocenters. The second-order valence-corrected chi connectivity index (χ2v) is 5.86. The Kier molecular flexibility index (Phi) is 4.13. The molecule has 15 heavy (non-hydrogen) atoms. The lowest BCUT2D eigenvalue weighted by atomic mass is 9.93. The molecule has 0 spiro atoms. The second-order valence-electron chi connectivity index (χ2n) is 4.06. The summed E-state index contributed by atoms with van der Waals surface area (Å²) in [5.41, 5.74) is 4.74. The van der Waals surface area contributed by atoms with Crippen LogP contribution in [0.15, 0.2) is 12.1 Å². The summed E-state index contributed by atoms with van der Waals surface area (Å²) < 4.78 is 0.779. The van der Waals surface area contributed by atoms with Crippen molar-refractivity contribution in [3.8, 4) is 0 Å². The first-order valence-corrected chi connectivity index (χ1v) is 5.86. The number of carbonyl (C=O) groups is 1. The molecule has 3 N–H and O–H groups in total. The fourth-order valence-electron chi connectivity index (χ4n) is 1.03. The topological polar surface area (TPSA) is 55.1 Å². The molecule has 0 fully saturated rings. The van der Waals surface area contributed by atoms with Gasteiger partial charge >= 0.3 is 0 Å². The number of primary amides is 1. The lowest BCUT2D eigenvalue weighted by molar-refractivity contribution is -0.125. The molecule has 0 saturated heterocycles. The van der Waals surface area contributed by atoms with E-state index >= 15 is 0 Å². The summed E-state index contributed by atoms with van der Waals surface area (Å²) in [6.07, 6.45) is 0. The highest BCUT2D eigenvalue weighted by atomic mass is 35.5. The minimum atomic E-state index is -0.513. The van der Waals surface area contributed by atoms with Gasteiger partial charge < -0.3 is 11.1 Å². The normalized spacial score (nSPS) is 11.7. The predicted molar refractivity (Wildman–Crippen MR) is 64.0 cm³/mol. The summed E-state index contributed by atoms with van der Waals surface area (Å²) in [6, 6.07) is 3.83. The number of rotatable bonds is 5. The van der Waals surface area contributed by atoms with Gasteiger partial charge in [0.05, 0.1) is 9.75 Å². The number of amides is 1. The van der Waals surface area contributed by atoms with Gasteiger partial charge in [0.25, 0.3) is 0 Å². The van der Waals surface area contributed by atoms with Gasteiger partial charge in [0.2, 0.25) is 5.91 Å². The van der Waals surface area contributed by atoms with E-state index in [1.807, 2.05) is 26.0 Å². The van der Waals surface area contributed by atoms with E-state index in [1.54, 1.807) is 0 Å². The fraction of sp³-hybridized carbons (Fsp3) is 0.500. The van der Waals surface area contributed by atoms with E-state index in [0.717, 1.165) is 9.21 Å². The van der Waals surface area contributed by atoms with E-state index in [0.29, 0.717) is 13.1 Å². The standard InChI is InChI=1S/C10H15ClN2OS/c1-10(2,9(12)14)6-13-5-7-3-4-8(11)15-7/h3-4,13H,5-6H2,1-2H3,(H2,12,14). The molecule has 1 amide bonds. The van der Waals surface area contributed by atoms with Crippen LogP contribution in [0.2, 0.25) is 4.34 Å². The fourth-order valence-corrected chi connectivity index (χ4v) is 2.09. The Hall–Kier alpha value is -0.580. The molecule has 0 aromatic carbocycles. The van der Waals surface area contributed by atoms with Crippen molar-refractivity contribution in [3.05, 3.63) is 21.3 Å². The van der Waals surface area contributed by atoms with E-state index in [2.05, 4.69) is 5.32 Å². The molecule has 3 nitrogen and oxygen atoms in total. The summed E-state index contributed by atoms with van der Waals surface area (Å²) in [7, 11) is 0. The van der Waals surface area contributed by atoms with Crippen LogP contribution in [0.25, 0.3) is 0 Å². The van der Waals surface area contributed by atoms with E-state index < -0.39 is 5.41 Å². The molecule has 0 saturated carbocycles. The number of hydrogen-bond donors (Lipinski definition) is 2. The van der Waals surface area contributed by atoms with Gasteiger partial charge in [0.1, 0.15) is 0 Å². The summed E-state index contributed by atoms with van der Waals surface area (Å²) in [5.74, 6) is -0.292. The first kappa shape index (κ1) is 12.5. The highest BCUT2D eigenvalue weighted by Crippen LogP contribution is 2.21. The van der Waals surface area contributed by atoms with E-state index in [-0.39, 0.29) is 5.91 Å². The average molecular weight is 247 g/mol. The van der Waals surface area contributed by atoms with E-state index in [9.17, 15) is 4.79 Å². The van der Waals surface area contributed by atoms with Gasteiger partial charge in [0, 0.05) is 18.0 Å². The maximum Gasteiger partial charge on any atom is 0.224 e. The molecule has 0 radical (unpaired) electrons. The zero-order valence-corrected chi connectivity index (χ0v) is 10.4. The van der Waals surface area contributed by atoms with Crippen molar-refractivity contribution in [1.82, 2.24) is 5.32 Å². The van der Waals surface area contributed by atoms with Crippen LogP contribution in [0, 0.1) is 5.41 Å². The number of nitrogens with two attached hydrogens (primary N) is 1. The molecule has 0 aliphatic carbocycles. The quantitative estimate of drug-likeness (QED) is 0.835. The molecule has 0 aliphatic rings. The Morgan fingerprint density at radius 2 is 2.27 bits per heavy atom. The molecular weight excluding hydrogens is 232 g/mol. The number of halogens is 1. The third kappa shape index (κ3) is 3.81. The van der Waals surface area contributed by atoms with Gasteiger partial charge in [0.15, 0.2) is 0 Å². The van der Waals surface area contributed by atoms with Crippen molar-refractivity contribution >= 4 is 28.8 Å². The maximum absolute atomic E-state index is 11.0. The van der Waals surface area contributed by atoms with Crippen LogP contribution in [-0.2, 0) is 11.3 Å². The zero-order valence-electron chi connectivity index (χ0n) is 8.84. The Bertz CT molecular complexity index is 349. The average Bonchev–Trinajstić information content (AvgIpc) is 2.51. The van der Waals surface area contributed by atoms with E-state index in [4.69, 9.17) is 17.3 Å². The van der Waals surface area contributed by atoms with Gasteiger partial charge in [-0.15, -0.1) is 11.3 Å². The maximum atomic E-state index is 11.0. The lowest BCUT2D eigenvalue weighted by Crippen LogP contribution is -2.40. The molecule has 1 rings (SSSR count). The number of thiophene rings is 1. The van der Waals surface area contributed by atoms with Gasteiger partial charge in [-0.2, -0.15) is 0 Å². The Labute approximate surface area is 98.6 Å². The smallest absolute Gasteiger partial charge is 0.224 e. The van der Waals surface area contributed by atoms with Crippen LogP contribution < -0.4 is 11.1 Å². The molecular formula is C10H15ClN2OS. The molecule has 1 aromatic heterocycles. The molecule has 1 aromatic rings. The molecule has 0 bridgehead atoms. The van der Waals surface area contributed by atoms with Gasteiger partial charge in [-0.3, -0.25) is 4.79 Å². The Morgan fingerprint density at radius 1 is 1.60 bits per heavy atom. The first-order valence-electron chi connectivity index (χ1n) is 4.66. The third-order valence-electron chi connectivity index (χ3n) is 2.16. The minimum absolute atomic E-state index is 0.292. The van der Waals surface area contributed by atoms with Crippen LogP contribution in [0.3, 0.4) is 0 Å². The summed E-state index contributed by atoms with van der Waals surface area (Å²) >= 11 is 7.33. The van der Waals surface area contributed by atoms with Crippen LogP contribution >= 0.6 is 22.9 Å². The molecule has 84 valence electrons. The number of carbonyl (C=O) groups excluding carboxylic acids is 1. The zero-order chi connectivity index (χ0) is 11.5. The highest BCUT2D eigenvalue weighted by Gasteiger charge is 2.23. The van der Waals surface area contributed by atoms with Crippen LogP contribution in [-0.4, -0.2) is 12.5 Å². The van der Waals surface area contributed by atoms with Crippen LogP contribution in [0.1, 0.15) is 18.7 Å². The van der Waals surface area contributed by atoms with Crippen LogP contribution in [0.4, 0.5) is 0 Å². The summed E-state index contributed by atoms with van der Waals surface area (Å²) in [4.78, 5) is 12.2. The van der Waals surface area contributed by atoms with Crippen LogP contribution in [0.5, 0.6) is 0 Å². The van der Waals surface area contributed by atoms with E-state index in [1.165, 1.54) is 11.3 Å². The molecule has 5 heteroatoms. The monoisotopic (exact) mass is 246 g/mol. The van der Waals surface area contributed by atoms with Gasteiger partial charge in [-0.05, 0) is 26.0 Å². The van der Waals surface area contributed by atoms with Gasteiger partial charge in [-0.1, -0.05) is 11.6 Å². The number of nitrogens with one attached hydrogen (secondary N) is 1. The van der Waals surface area contributed by atoms with Crippen molar-refractivity contribution < 1.29 is 4.79 Å². The lowest BCUT2D eigenvalue weighted by Gasteiger charge is -2.20. The SMILES string of the molecule is CC(C)(CNCc1ccc(Cl)s1)C(N)=O. The van der Waals surface area contributed by atoms with Crippen molar-refractivity contribution in [2.45, 2.75) is 20.4 Å². The second kappa shape index (κ2) is 4.96. The predicted octanol–water partition coefficient (Wildman–Crippen LogP) is 2.00. The first-order chi connectivity index (χ1) is 6.92. The highest BCUT2D eigenvalue weighted by molar-refractivity contribution is 7.16. The summed E-state index contributed by atoms with van der Waals surface area (Å²) in [6.45, 7) is 4.93. The molecule has 1 heterocycles. The number of hydrogen-bond acceptors (Lipinski definition) is 3. The van der Waals surface area contributed by atoms with Crippen molar-refractivity contribution in [3.63, 3.8) is 0 Å². The van der Waals surface area contributed by atoms with Crippen molar-refractivity contribution in [2.24, 2.45) is 11.1 Å². The summed E-state index contributed by atoms with van der Waals surface area (Å²) in [5, 5.41) is 3.19. The van der Waals surface area contributed by atoms with Gasteiger partial charge in [-0.25, -0.2) is 0 Å².